The fourth-order valence-corrected chi connectivity index (χ4v) is 1.02. The van der Waals surface area contributed by atoms with Gasteiger partial charge in [-0.2, -0.15) is 0 Å². The number of esters is 1. The Hall–Kier alpha value is -0.610. The van der Waals surface area contributed by atoms with Crippen LogP contribution in [0.1, 0.15) is 33.6 Å². The molecule has 0 radical (unpaired) electrons. The van der Waals surface area contributed by atoms with Crippen molar-refractivity contribution >= 4 is 5.97 Å². The zero-order valence-corrected chi connectivity index (χ0v) is 9.25. The third kappa shape index (κ3) is 5.94. The summed E-state index contributed by atoms with van der Waals surface area (Å²) >= 11 is 0. The molecule has 0 aromatic heterocycles. The third-order valence-corrected chi connectivity index (χ3v) is 2.04. The summed E-state index contributed by atoms with van der Waals surface area (Å²) in [6, 6.07) is -0.293. The van der Waals surface area contributed by atoms with Gasteiger partial charge in [0.05, 0.1) is 12.7 Å². The van der Waals surface area contributed by atoms with Gasteiger partial charge in [-0.05, 0) is 33.2 Å². The van der Waals surface area contributed by atoms with Crippen LogP contribution in [0.2, 0.25) is 0 Å². The van der Waals surface area contributed by atoms with E-state index in [1.807, 2.05) is 6.92 Å². The molecule has 0 fully saturated rings. The Bertz CT molecular complexity index is 161. The summed E-state index contributed by atoms with van der Waals surface area (Å²) in [5.41, 5.74) is 0. The van der Waals surface area contributed by atoms with Crippen molar-refractivity contribution in [3.63, 3.8) is 0 Å². The van der Waals surface area contributed by atoms with Gasteiger partial charge in [-0.25, -0.2) is 0 Å². The van der Waals surface area contributed by atoms with E-state index < -0.39 is 0 Å². The molecule has 14 heavy (non-hydrogen) atoms. The number of hydrogen-bond donors (Lipinski definition) is 2. The normalized spacial score (nSPS) is 14.9. The fourth-order valence-electron chi connectivity index (χ4n) is 1.02. The first-order valence-electron chi connectivity index (χ1n) is 5.19. The molecule has 0 saturated heterocycles. The Morgan fingerprint density at radius 3 is 2.64 bits per heavy atom. The van der Waals surface area contributed by atoms with Crippen molar-refractivity contribution in [3.8, 4) is 0 Å². The number of nitrogens with one attached hydrogen (secondary N) is 1. The molecule has 0 amide bonds. The SMILES string of the molecule is CCOC(=O)C(C)NCCC(O)CC. The molecule has 0 aromatic rings. The van der Waals surface area contributed by atoms with Crippen molar-refractivity contribution in [3.05, 3.63) is 0 Å². The van der Waals surface area contributed by atoms with Gasteiger partial charge in [-0.15, -0.1) is 0 Å². The molecular formula is C10H21NO3. The van der Waals surface area contributed by atoms with Crippen LogP contribution in [0.3, 0.4) is 0 Å². The van der Waals surface area contributed by atoms with E-state index in [9.17, 15) is 9.90 Å². The van der Waals surface area contributed by atoms with Crippen LogP contribution in [0.15, 0.2) is 0 Å². The van der Waals surface area contributed by atoms with Crippen molar-refractivity contribution < 1.29 is 14.6 Å². The molecule has 0 bridgehead atoms. The quantitative estimate of drug-likeness (QED) is 0.598. The summed E-state index contributed by atoms with van der Waals surface area (Å²) in [6.45, 7) is 6.51. The van der Waals surface area contributed by atoms with Gasteiger partial charge < -0.3 is 15.2 Å². The van der Waals surface area contributed by atoms with E-state index in [-0.39, 0.29) is 18.1 Å². The number of carbonyl (C=O) groups excluding carboxylic acids is 1. The maximum Gasteiger partial charge on any atom is 0.322 e. The number of ether oxygens (including phenoxy) is 1. The molecule has 0 aliphatic rings. The highest BCUT2D eigenvalue weighted by molar-refractivity contribution is 5.75. The van der Waals surface area contributed by atoms with E-state index >= 15 is 0 Å². The van der Waals surface area contributed by atoms with Gasteiger partial charge in [-0.3, -0.25) is 4.79 Å². The average molecular weight is 203 g/mol. The second-order valence-corrected chi connectivity index (χ2v) is 3.28. The van der Waals surface area contributed by atoms with Crippen LogP contribution in [0.4, 0.5) is 0 Å². The molecule has 0 heterocycles. The summed E-state index contributed by atoms with van der Waals surface area (Å²) in [4.78, 5) is 11.1. The molecule has 0 spiro atoms. The minimum Gasteiger partial charge on any atom is -0.465 e. The molecule has 0 aromatic carbocycles. The van der Waals surface area contributed by atoms with Crippen molar-refractivity contribution in [1.82, 2.24) is 5.32 Å². The van der Waals surface area contributed by atoms with E-state index in [4.69, 9.17) is 4.74 Å². The first-order valence-corrected chi connectivity index (χ1v) is 5.19. The van der Waals surface area contributed by atoms with Gasteiger partial charge in [0.2, 0.25) is 0 Å². The number of aliphatic hydroxyl groups excluding tert-OH is 1. The van der Waals surface area contributed by atoms with Crippen LogP contribution in [-0.4, -0.2) is 36.4 Å². The van der Waals surface area contributed by atoms with Crippen LogP contribution in [0, 0.1) is 0 Å². The van der Waals surface area contributed by atoms with Gasteiger partial charge in [0.1, 0.15) is 6.04 Å². The molecule has 2 unspecified atom stereocenters. The molecule has 4 heteroatoms. The number of rotatable bonds is 7. The van der Waals surface area contributed by atoms with Crippen molar-refractivity contribution in [2.24, 2.45) is 0 Å². The summed E-state index contributed by atoms with van der Waals surface area (Å²) in [7, 11) is 0. The molecule has 4 nitrogen and oxygen atoms in total. The predicted octanol–water partition coefficient (Wildman–Crippen LogP) is 0.689. The number of hydrogen-bond acceptors (Lipinski definition) is 4. The largest absolute Gasteiger partial charge is 0.465 e. The minimum absolute atomic E-state index is 0.238. The van der Waals surface area contributed by atoms with Crippen molar-refractivity contribution in [1.29, 1.82) is 0 Å². The summed E-state index contributed by atoms with van der Waals surface area (Å²) in [5, 5.41) is 12.3. The van der Waals surface area contributed by atoms with Gasteiger partial charge in [-0.1, -0.05) is 6.92 Å². The summed E-state index contributed by atoms with van der Waals surface area (Å²) < 4.78 is 4.82. The molecule has 2 atom stereocenters. The highest BCUT2D eigenvalue weighted by Gasteiger charge is 2.12. The van der Waals surface area contributed by atoms with Crippen LogP contribution in [-0.2, 0) is 9.53 Å². The first kappa shape index (κ1) is 13.4. The predicted molar refractivity (Wildman–Crippen MR) is 55.0 cm³/mol. The second-order valence-electron chi connectivity index (χ2n) is 3.28. The van der Waals surface area contributed by atoms with Crippen molar-refractivity contribution in [2.45, 2.75) is 45.8 Å². The Morgan fingerprint density at radius 1 is 1.50 bits per heavy atom. The lowest BCUT2D eigenvalue weighted by molar-refractivity contribution is -0.145. The molecule has 0 aliphatic heterocycles. The Morgan fingerprint density at radius 2 is 2.14 bits per heavy atom. The summed E-state index contributed by atoms with van der Waals surface area (Å²) in [5.74, 6) is -0.238. The van der Waals surface area contributed by atoms with E-state index in [0.717, 1.165) is 6.42 Å². The monoisotopic (exact) mass is 203 g/mol. The standard InChI is InChI=1S/C10H21NO3/c1-4-9(12)6-7-11-8(3)10(13)14-5-2/h8-9,11-12H,4-7H2,1-3H3. The van der Waals surface area contributed by atoms with Gasteiger partial charge in [0.25, 0.3) is 0 Å². The lowest BCUT2D eigenvalue weighted by Gasteiger charge is -2.13. The Kier molecular flexibility index (Phi) is 7.42. The van der Waals surface area contributed by atoms with E-state index in [1.54, 1.807) is 13.8 Å². The highest BCUT2D eigenvalue weighted by Crippen LogP contribution is 1.95. The zero-order chi connectivity index (χ0) is 11.0. The van der Waals surface area contributed by atoms with Crippen LogP contribution in [0.25, 0.3) is 0 Å². The molecule has 0 rings (SSSR count). The molecule has 2 N–H and O–H groups in total. The van der Waals surface area contributed by atoms with E-state index in [0.29, 0.717) is 19.6 Å². The molecular weight excluding hydrogens is 182 g/mol. The average Bonchev–Trinajstić information content (AvgIpc) is 2.17. The third-order valence-electron chi connectivity index (χ3n) is 2.04. The van der Waals surface area contributed by atoms with E-state index in [2.05, 4.69) is 5.32 Å². The van der Waals surface area contributed by atoms with Gasteiger partial charge in [0, 0.05) is 0 Å². The minimum atomic E-state index is -0.293. The van der Waals surface area contributed by atoms with E-state index in [1.165, 1.54) is 0 Å². The first-order chi connectivity index (χ1) is 6.61. The van der Waals surface area contributed by atoms with Crippen LogP contribution in [0.5, 0.6) is 0 Å². The Balaban J connectivity index is 3.52. The number of carbonyl (C=O) groups is 1. The van der Waals surface area contributed by atoms with Crippen LogP contribution < -0.4 is 5.32 Å². The lowest BCUT2D eigenvalue weighted by atomic mass is 10.2. The summed E-state index contributed by atoms with van der Waals surface area (Å²) in [6.07, 6.45) is 1.13. The molecule has 0 aliphatic carbocycles. The lowest BCUT2D eigenvalue weighted by Crippen LogP contribution is -2.36. The van der Waals surface area contributed by atoms with Crippen LogP contribution >= 0.6 is 0 Å². The second kappa shape index (κ2) is 7.76. The smallest absolute Gasteiger partial charge is 0.322 e. The maximum atomic E-state index is 11.1. The maximum absolute atomic E-state index is 11.1. The van der Waals surface area contributed by atoms with Crippen molar-refractivity contribution in [2.75, 3.05) is 13.2 Å². The number of aliphatic hydroxyl groups is 1. The molecule has 84 valence electrons. The van der Waals surface area contributed by atoms with Gasteiger partial charge in [0.15, 0.2) is 0 Å². The highest BCUT2D eigenvalue weighted by atomic mass is 16.5. The molecule has 0 saturated carbocycles. The van der Waals surface area contributed by atoms with Gasteiger partial charge >= 0.3 is 5.97 Å². The zero-order valence-electron chi connectivity index (χ0n) is 9.25. The topological polar surface area (TPSA) is 58.6 Å². The fraction of sp³-hybridized carbons (Fsp3) is 0.900. The Labute approximate surface area is 85.6 Å².